The standard InChI is InChI=1S/C23H22N6O2S/c1-17-12-13-20(31-17)14-25-27-22(30)16-32-23-28-26-21(15-24-18-8-4-2-5-9-18)29(23)19-10-6-3-7-11-19/h2-14,24H,15-16H2,1H3,(H,27,30). The first-order valence-corrected chi connectivity index (χ1v) is 11.0. The van der Waals surface area contributed by atoms with Gasteiger partial charge in [0.1, 0.15) is 11.5 Å². The monoisotopic (exact) mass is 446 g/mol. The first kappa shape index (κ1) is 21.4. The average molecular weight is 447 g/mol. The smallest absolute Gasteiger partial charge is 0.250 e. The summed E-state index contributed by atoms with van der Waals surface area (Å²) in [6.07, 6.45) is 1.47. The molecule has 0 spiro atoms. The minimum Gasteiger partial charge on any atom is -0.460 e. The van der Waals surface area contributed by atoms with Gasteiger partial charge in [0.25, 0.3) is 5.91 Å². The minimum absolute atomic E-state index is 0.144. The van der Waals surface area contributed by atoms with E-state index in [0.717, 1.165) is 23.0 Å². The average Bonchev–Trinajstić information content (AvgIpc) is 3.43. The van der Waals surface area contributed by atoms with Crippen LogP contribution < -0.4 is 10.7 Å². The van der Waals surface area contributed by atoms with Crippen LogP contribution in [0.5, 0.6) is 0 Å². The first-order chi connectivity index (χ1) is 15.7. The molecule has 2 aromatic heterocycles. The predicted molar refractivity (Wildman–Crippen MR) is 125 cm³/mol. The first-order valence-electron chi connectivity index (χ1n) is 9.99. The van der Waals surface area contributed by atoms with Gasteiger partial charge in [-0.3, -0.25) is 9.36 Å². The van der Waals surface area contributed by atoms with Gasteiger partial charge in [0.2, 0.25) is 0 Å². The van der Waals surface area contributed by atoms with E-state index < -0.39 is 0 Å². The summed E-state index contributed by atoms with van der Waals surface area (Å²) < 4.78 is 7.33. The van der Waals surface area contributed by atoms with E-state index in [0.29, 0.717) is 17.5 Å². The molecule has 9 heteroatoms. The maximum atomic E-state index is 12.2. The van der Waals surface area contributed by atoms with Crippen LogP contribution in [0.25, 0.3) is 5.69 Å². The van der Waals surface area contributed by atoms with E-state index in [1.54, 1.807) is 6.07 Å². The Morgan fingerprint density at radius 2 is 1.81 bits per heavy atom. The number of nitrogens with zero attached hydrogens (tertiary/aromatic N) is 4. The Kier molecular flexibility index (Phi) is 6.98. The molecule has 0 aliphatic rings. The zero-order chi connectivity index (χ0) is 22.2. The number of nitrogens with one attached hydrogen (secondary N) is 2. The molecule has 4 aromatic rings. The van der Waals surface area contributed by atoms with Gasteiger partial charge >= 0.3 is 0 Å². The van der Waals surface area contributed by atoms with E-state index in [9.17, 15) is 4.79 Å². The van der Waals surface area contributed by atoms with E-state index in [1.807, 2.05) is 78.2 Å². The van der Waals surface area contributed by atoms with E-state index in [1.165, 1.54) is 18.0 Å². The predicted octanol–water partition coefficient (Wildman–Crippen LogP) is 4.02. The molecule has 2 N–H and O–H groups in total. The lowest BCUT2D eigenvalue weighted by molar-refractivity contribution is -0.118. The molecule has 0 bridgehead atoms. The van der Waals surface area contributed by atoms with E-state index in [4.69, 9.17) is 4.42 Å². The molecule has 32 heavy (non-hydrogen) atoms. The van der Waals surface area contributed by atoms with E-state index in [-0.39, 0.29) is 11.7 Å². The highest BCUT2D eigenvalue weighted by atomic mass is 32.2. The highest BCUT2D eigenvalue weighted by Crippen LogP contribution is 2.22. The van der Waals surface area contributed by atoms with Gasteiger partial charge in [0.15, 0.2) is 11.0 Å². The number of amides is 1. The summed E-state index contributed by atoms with van der Waals surface area (Å²) in [7, 11) is 0. The SMILES string of the molecule is Cc1ccc(C=NNC(=O)CSc2nnc(CNc3ccccc3)n2-c2ccccc2)o1. The number of aryl methyl sites for hydroxylation is 1. The number of furan rings is 1. The van der Waals surface area contributed by atoms with Crippen LogP contribution >= 0.6 is 11.8 Å². The molecule has 0 saturated heterocycles. The van der Waals surface area contributed by atoms with Gasteiger partial charge in [-0.1, -0.05) is 48.2 Å². The minimum atomic E-state index is -0.249. The Morgan fingerprint density at radius 3 is 2.53 bits per heavy atom. The Morgan fingerprint density at radius 1 is 1.06 bits per heavy atom. The maximum absolute atomic E-state index is 12.2. The van der Waals surface area contributed by atoms with Gasteiger partial charge in [-0.25, -0.2) is 5.43 Å². The largest absolute Gasteiger partial charge is 0.460 e. The van der Waals surface area contributed by atoms with Crippen molar-refractivity contribution in [2.24, 2.45) is 5.10 Å². The van der Waals surface area contributed by atoms with Crippen molar-refractivity contribution in [3.63, 3.8) is 0 Å². The topological polar surface area (TPSA) is 97.3 Å². The van der Waals surface area contributed by atoms with Crippen molar-refractivity contribution >= 4 is 29.6 Å². The fourth-order valence-corrected chi connectivity index (χ4v) is 3.70. The molecule has 4 rings (SSSR count). The molecule has 0 saturated carbocycles. The van der Waals surface area contributed by atoms with Crippen LogP contribution in [-0.4, -0.2) is 32.6 Å². The molecule has 0 aliphatic heterocycles. The summed E-state index contributed by atoms with van der Waals surface area (Å²) in [5, 5.41) is 16.6. The normalized spacial score (nSPS) is 11.0. The Labute approximate surface area is 189 Å². The van der Waals surface area contributed by atoms with Crippen LogP contribution in [0.2, 0.25) is 0 Å². The van der Waals surface area contributed by atoms with Crippen LogP contribution in [0, 0.1) is 6.92 Å². The third-order valence-corrected chi connectivity index (χ3v) is 5.34. The number of carbonyl (C=O) groups excluding carboxylic acids is 1. The van der Waals surface area contributed by atoms with Crippen molar-refractivity contribution < 1.29 is 9.21 Å². The van der Waals surface area contributed by atoms with Gasteiger partial charge in [0, 0.05) is 11.4 Å². The van der Waals surface area contributed by atoms with Gasteiger partial charge < -0.3 is 9.73 Å². The second-order valence-electron chi connectivity index (χ2n) is 6.82. The number of hydrogen-bond acceptors (Lipinski definition) is 7. The summed E-state index contributed by atoms with van der Waals surface area (Å²) in [6, 6.07) is 23.3. The maximum Gasteiger partial charge on any atom is 0.250 e. The molecule has 8 nitrogen and oxygen atoms in total. The number of para-hydroxylation sites is 2. The van der Waals surface area contributed by atoms with Gasteiger partial charge in [0.05, 0.1) is 18.5 Å². The summed E-state index contributed by atoms with van der Waals surface area (Å²) in [6.45, 7) is 2.34. The molecule has 162 valence electrons. The number of carbonyl (C=O) groups is 1. The Balaban J connectivity index is 1.42. The molecule has 2 heterocycles. The van der Waals surface area contributed by atoms with E-state index >= 15 is 0 Å². The lowest BCUT2D eigenvalue weighted by Crippen LogP contribution is -2.20. The van der Waals surface area contributed by atoms with Crippen LogP contribution in [-0.2, 0) is 11.3 Å². The van der Waals surface area contributed by atoms with Crippen LogP contribution in [0.4, 0.5) is 5.69 Å². The zero-order valence-electron chi connectivity index (χ0n) is 17.4. The van der Waals surface area contributed by atoms with Crippen molar-refractivity contribution in [3.8, 4) is 5.69 Å². The number of hydrazone groups is 1. The molecule has 0 aliphatic carbocycles. The van der Waals surface area contributed by atoms with Gasteiger partial charge in [-0.15, -0.1) is 10.2 Å². The zero-order valence-corrected chi connectivity index (χ0v) is 18.2. The summed E-state index contributed by atoms with van der Waals surface area (Å²) in [4.78, 5) is 12.2. The summed E-state index contributed by atoms with van der Waals surface area (Å²) in [5.41, 5.74) is 4.42. The van der Waals surface area contributed by atoms with Crippen molar-refractivity contribution in [1.29, 1.82) is 0 Å². The number of aromatic nitrogens is 3. The number of anilines is 1. The quantitative estimate of drug-likeness (QED) is 0.229. The molecule has 0 radical (unpaired) electrons. The highest BCUT2D eigenvalue weighted by molar-refractivity contribution is 7.99. The third kappa shape index (κ3) is 5.64. The second kappa shape index (κ2) is 10.5. The molecular weight excluding hydrogens is 424 g/mol. The fourth-order valence-electron chi connectivity index (χ4n) is 2.93. The number of hydrogen-bond donors (Lipinski definition) is 2. The molecule has 1 amide bonds. The number of thioether (sulfide) groups is 1. The molecule has 0 atom stereocenters. The Hall–Kier alpha value is -3.85. The van der Waals surface area contributed by atoms with Crippen molar-refractivity contribution in [2.45, 2.75) is 18.6 Å². The molecular formula is C23H22N6O2S. The van der Waals surface area contributed by atoms with Crippen molar-refractivity contribution in [3.05, 3.63) is 90.1 Å². The molecule has 0 fully saturated rings. The number of benzene rings is 2. The van der Waals surface area contributed by atoms with Gasteiger partial charge in [-0.05, 0) is 43.3 Å². The van der Waals surface area contributed by atoms with Crippen LogP contribution in [0.15, 0.2) is 87.5 Å². The highest BCUT2D eigenvalue weighted by Gasteiger charge is 2.15. The molecule has 0 unspecified atom stereocenters. The van der Waals surface area contributed by atoms with Gasteiger partial charge in [-0.2, -0.15) is 5.10 Å². The van der Waals surface area contributed by atoms with Crippen LogP contribution in [0.3, 0.4) is 0 Å². The van der Waals surface area contributed by atoms with E-state index in [2.05, 4.69) is 26.0 Å². The van der Waals surface area contributed by atoms with Crippen molar-refractivity contribution in [2.75, 3.05) is 11.1 Å². The number of rotatable bonds is 9. The molecule has 2 aromatic carbocycles. The van der Waals surface area contributed by atoms with Crippen LogP contribution in [0.1, 0.15) is 17.3 Å². The lowest BCUT2D eigenvalue weighted by atomic mass is 10.3. The fraction of sp³-hybridized carbons (Fsp3) is 0.130. The summed E-state index contributed by atoms with van der Waals surface area (Å²) in [5.74, 6) is 2.00. The third-order valence-electron chi connectivity index (χ3n) is 4.41. The second-order valence-corrected chi connectivity index (χ2v) is 7.76. The summed E-state index contributed by atoms with van der Waals surface area (Å²) >= 11 is 1.30. The Bertz CT molecular complexity index is 1190. The van der Waals surface area contributed by atoms with Crippen molar-refractivity contribution in [1.82, 2.24) is 20.2 Å². The lowest BCUT2D eigenvalue weighted by Gasteiger charge is -2.11.